The lowest BCUT2D eigenvalue weighted by molar-refractivity contribution is -0.282. The smallest absolute Gasteiger partial charge is 0.305 e. The van der Waals surface area contributed by atoms with Gasteiger partial charge in [-0.3, -0.25) is 9.63 Å². The normalized spacial score (nSPS) is 13.6. The second-order valence-electron chi connectivity index (χ2n) is 13.8. The van der Waals surface area contributed by atoms with Crippen molar-refractivity contribution in [1.29, 1.82) is 0 Å². The zero-order chi connectivity index (χ0) is 32.3. The molecule has 0 bridgehead atoms. The van der Waals surface area contributed by atoms with Gasteiger partial charge in [-0.25, -0.2) is 0 Å². The fraction of sp³-hybridized carbons (Fsp3) is 0.310. The highest BCUT2D eigenvalue weighted by molar-refractivity contribution is 6.23. The van der Waals surface area contributed by atoms with Crippen LogP contribution in [0.1, 0.15) is 76.3 Å². The highest BCUT2D eigenvalue weighted by atomic mass is 16.7. The molecule has 0 saturated heterocycles. The van der Waals surface area contributed by atoms with Gasteiger partial charge >= 0.3 is 5.97 Å². The van der Waals surface area contributed by atoms with Crippen LogP contribution < -0.4 is 0 Å². The quantitative estimate of drug-likeness (QED) is 0.0784. The van der Waals surface area contributed by atoms with Crippen molar-refractivity contribution in [2.24, 2.45) is 5.92 Å². The van der Waals surface area contributed by atoms with Gasteiger partial charge in [-0.05, 0) is 88.5 Å². The molecule has 0 aliphatic rings. The topological polar surface area (TPSA) is 38.8 Å². The summed E-state index contributed by atoms with van der Waals surface area (Å²) in [6, 6.07) is 40.5. The van der Waals surface area contributed by atoms with Crippen molar-refractivity contribution in [3.8, 4) is 0 Å². The molecule has 4 nitrogen and oxygen atoms in total. The van der Waals surface area contributed by atoms with E-state index >= 15 is 0 Å². The summed E-state index contributed by atoms with van der Waals surface area (Å²) in [5.41, 5.74) is 3.12. The van der Waals surface area contributed by atoms with Crippen molar-refractivity contribution in [2.75, 3.05) is 6.61 Å². The first kappa shape index (κ1) is 31.7. The van der Waals surface area contributed by atoms with Crippen LogP contribution in [0.3, 0.4) is 0 Å². The molecule has 46 heavy (non-hydrogen) atoms. The van der Waals surface area contributed by atoms with Gasteiger partial charge in [0, 0.05) is 12.0 Å². The van der Waals surface area contributed by atoms with E-state index in [1.807, 2.05) is 36.4 Å². The summed E-state index contributed by atoms with van der Waals surface area (Å²) in [6.07, 6.45) is 1.46. The third-order valence-electron chi connectivity index (χ3n) is 8.86. The molecular formula is C42H45NO3. The van der Waals surface area contributed by atoms with Crippen LogP contribution in [0.25, 0.3) is 32.3 Å². The van der Waals surface area contributed by atoms with Crippen LogP contribution in [-0.2, 0) is 20.8 Å². The third kappa shape index (κ3) is 6.94. The predicted octanol–water partition coefficient (Wildman–Crippen LogP) is 10.6. The van der Waals surface area contributed by atoms with Crippen LogP contribution in [0.4, 0.5) is 0 Å². The minimum absolute atomic E-state index is 0.0229. The molecule has 2 unspecified atom stereocenters. The fourth-order valence-corrected chi connectivity index (χ4v) is 6.71. The van der Waals surface area contributed by atoms with Gasteiger partial charge in [0.25, 0.3) is 0 Å². The minimum atomic E-state index is -0.436. The molecule has 0 amide bonds. The van der Waals surface area contributed by atoms with E-state index < -0.39 is 6.10 Å². The number of hydrogen-bond donors (Lipinski definition) is 0. The minimum Gasteiger partial charge on any atom is -0.462 e. The molecule has 0 aliphatic carbocycles. The Labute approximate surface area is 273 Å². The molecule has 6 aromatic rings. The molecule has 6 rings (SSSR count). The van der Waals surface area contributed by atoms with Gasteiger partial charge in [-0.15, -0.1) is 0 Å². The van der Waals surface area contributed by atoms with Gasteiger partial charge in [0.2, 0.25) is 0 Å². The Morgan fingerprint density at radius 2 is 1.24 bits per heavy atom. The molecule has 0 spiro atoms. The molecule has 0 aromatic heterocycles. The fourth-order valence-electron chi connectivity index (χ4n) is 6.71. The van der Waals surface area contributed by atoms with E-state index in [2.05, 4.69) is 119 Å². The molecule has 0 heterocycles. The van der Waals surface area contributed by atoms with Crippen LogP contribution in [0, 0.1) is 5.92 Å². The van der Waals surface area contributed by atoms with Gasteiger partial charge < -0.3 is 4.74 Å². The molecule has 0 saturated carbocycles. The molecule has 4 heteroatoms. The summed E-state index contributed by atoms with van der Waals surface area (Å²) in [4.78, 5) is 20.0. The number of carbonyl (C=O) groups is 1. The monoisotopic (exact) mass is 611 g/mol. The van der Waals surface area contributed by atoms with Gasteiger partial charge in [0.1, 0.15) is 12.7 Å². The van der Waals surface area contributed by atoms with Gasteiger partial charge in [0.05, 0.1) is 6.04 Å². The largest absolute Gasteiger partial charge is 0.462 e. The van der Waals surface area contributed by atoms with E-state index in [1.54, 1.807) is 0 Å². The van der Waals surface area contributed by atoms with Crippen molar-refractivity contribution >= 4 is 38.3 Å². The number of rotatable bonds is 12. The second-order valence-corrected chi connectivity index (χ2v) is 13.8. The van der Waals surface area contributed by atoms with Crippen molar-refractivity contribution in [2.45, 2.75) is 71.6 Å². The standard InChI is InChI=1S/C42H45NO3/c1-29(2)41(34-17-10-7-11-18-34)43(42(3,4)5)46-37(31-15-8-6-9-16-31)28-45-38(44)21-12-14-30-26-35-24-22-32-19-13-20-33-23-25-36(27-30)40(35)39(32)33/h6-11,13,15-20,22-27,29,37,41H,12,14,21,28H2,1-5H3. The number of benzene rings is 6. The molecule has 0 N–H and O–H groups in total. The van der Waals surface area contributed by atoms with Crippen molar-refractivity contribution < 1.29 is 14.4 Å². The Morgan fingerprint density at radius 1 is 0.696 bits per heavy atom. The SMILES string of the molecule is CC(C)C(c1ccccc1)N(OC(COC(=O)CCCc1cc2ccc3cccc4ccc(c1)c2c34)c1ccccc1)C(C)(C)C. The average molecular weight is 612 g/mol. The summed E-state index contributed by atoms with van der Waals surface area (Å²) in [5, 5.41) is 9.80. The zero-order valence-electron chi connectivity index (χ0n) is 27.7. The molecule has 6 aromatic carbocycles. The number of hydrogen-bond acceptors (Lipinski definition) is 4. The molecular weight excluding hydrogens is 566 g/mol. The van der Waals surface area contributed by atoms with E-state index in [1.165, 1.54) is 43.4 Å². The summed E-state index contributed by atoms with van der Waals surface area (Å²) >= 11 is 0. The first-order valence-electron chi connectivity index (χ1n) is 16.6. The van der Waals surface area contributed by atoms with Crippen molar-refractivity contribution in [3.63, 3.8) is 0 Å². The Hall–Kier alpha value is -4.25. The van der Waals surface area contributed by atoms with E-state index in [0.29, 0.717) is 12.3 Å². The van der Waals surface area contributed by atoms with Crippen LogP contribution in [-0.4, -0.2) is 23.2 Å². The van der Waals surface area contributed by atoms with Crippen LogP contribution >= 0.6 is 0 Å². The number of aryl methyl sites for hydroxylation is 1. The maximum absolute atomic E-state index is 13.1. The van der Waals surface area contributed by atoms with Gasteiger partial charge in [-0.1, -0.05) is 129 Å². The lowest BCUT2D eigenvalue weighted by Crippen LogP contribution is -2.46. The third-order valence-corrected chi connectivity index (χ3v) is 8.86. The summed E-state index contributed by atoms with van der Waals surface area (Å²) in [5.74, 6) is 0.0921. The number of esters is 1. The maximum atomic E-state index is 13.1. The van der Waals surface area contributed by atoms with E-state index in [4.69, 9.17) is 9.57 Å². The highest BCUT2D eigenvalue weighted by Crippen LogP contribution is 2.38. The Bertz CT molecular complexity index is 1830. The molecule has 0 fully saturated rings. The zero-order valence-corrected chi connectivity index (χ0v) is 27.7. The molecule has 2 atom stereocenters. The Balaban J connectivity index is 1.14. The van der Waals surface area contributed by atoms with Crippen LogP contribution in [0.2, 0.25) is 0 Å². The molecule has 236 valence electrons. The lowest BCUT2D eigenvalue weighted by atomic mass is 9.92. The van der Waals surface area contributed by atoms with E-state index in [-0.39, 0.29) is 24.2 Å². The molecule has 0 aliphatic heterocycles. The predicted molar refractivity (Wildman–Crippen MR) is 190 cm³/mol. The molecule has 0 radical (unpaired) electrons. The van der Waals surface area contributed by atoms with Gasteiger partial charge in [-0.2, -0.15) is 5.06 Å². The van der Waals surface area contributed by atoms with E-state index in [9.17, 15) is 4.79 Å². The number of nitrogens with zero attached hydrogens (tertiary/aromatic N) is 1. The maximum Gasteiger partial charge on any atom is 0.305 e. The Kier molecular flexibility index (Phi) is 9.39. The number of hydroxylamine groups is 2. The summed E-state index contributed by atoms with van der Waals surface area (Å²) in [6.45, 7) is 11.1. The van der Waals surface area contributed by atoms with Crippen molar-refractivity contribution in [3.05, 3.63) is 132 Å². The van der Waals surface area contributed by atoms with Crippen LogP contribution in [0.5, 0.6) is 0 Å². The second kappa shape index (κ2) is 13.6. The Morgan fingerprint density at radius 3 is 1.80 bits per heavy atom. The van der Waals surface area contributed by atoms with Crippen LogP contribution in [0.15, 0.2) is 115 Å². The highest BCUT2D eigenvalue weighted by Gasteiger charge is 2.36. The number of ether oxygens (including phenoxy) is 1. The van der Waals surface area contributed by atoms with E-state index in [0.717, 1.165) is 18.4 Å². The summed E-state index contributed by atoms with van der Waals surface area (Å²) < 4.78 is 5.93. The first-order chi connectivity index (χ1) is 22.2. The summed E-state index contributed by atoms with van der Waals surface area (Å²) in [7, 11) is 0. The lowest BCUT2D eigenvalue weighted by Gasteiger charge is -2.44. The first-order valence-corrected chi connectivity index (χ1v) is 16.6. The number of carbonyl (C=O) groups excluding carboxylic acids is 1. The van der Waals surface area contributed by atoms with Gasteiger partial charge in [0.15, 0.2) is 0 Å². The van der Waals surface area contributed by atoms with Crippen molar-refractivity contribution in [1.82, 2.24) is 5.06 Å². The average Bonchev–Trinajstić information content (AvgIpc) is 3.05.